The van der Waals surface area contributed by atoms with Crippen molar-refractivity contribution in [2.24, 2.45) is 0 Å². The molecule has 0 saturated heterocycles. The van der Waals surface area contributed by atoms with E-state index in [9.17, 15) is 0 Å². The lowest BCUT2D eigenvalue weighted by Crippen LogP contribution is -2.07. The van der Waals surface area contributed by atoms with Gasteiger partial charge in [-0.2, -0.15) is 5.26 Å². The van der Waals surface area contributed by atoms with Gasteiger partial charge in [-0.05, 0) is 25.8 Å². The van der Waals surface area contributed by atoms with Crippen LogP contribution in [0, 0.1) is 11.3 Å². The first-order valence-electron chi connectivity index (χ1n) is 5.74. The maximum absolute atomic E-state index is 8.49. The molecular formula is C13H14N4O. The van der Waals surface area contributed by atoms with Crippen LogP contribution in [-0.2, 0) is 6.42 Å². The quantitative estimate of drug-likeness (QED) is 0.835. The smallest absolute Gasteiger partial charge is 0.226 e. The van der Waals surface area contributed by atoms with Gasteiger partial charge in [0.2, 0.25) is 5.88 Å². The number of hydrogen-bond donors (Lipinski definition) is 1. The molecular weight excluding hydrogens is 228 g/mol. The molecule has 18 heavy (non-hydrogen) atoms. The Bertz CT molecular complexity index is 607. The molecule has 0 aliphatic heterocycles. The Labute approximate surface area is 105 Å². The van der Waals surface area contributed by atoms with E-state index >= 15 is 0 Å². The number of H-pyrrole nitrogens is 1. The number of aromatic amines is 1. The summed E-state index contributed by atoms with van der Waals surface area (Å²) in [6, 6.07) is 1.97. The molecule has 0 amide bonds. The summed E-state index contributed by atoms with van der Waals surface area (Å²) in [6.07, 6.45) is 7.32. The summed E-state index contributed by atoms with van der Waals surface area (Å²) in [4.78, 5) is 11.4. The van der Waals surface area contributed by atoms with Gasteiger partial charge in [0, 0.05) is 12.3 Å². The highest BCUT2D eigenvalue weighted by Crippen LogP contribution is 2.26. The highest BCUT2D eigenvalue weighted by molar-refractivity contribution is 5.84. The third-order valence-electron chi connectivity index (χ3n) is 2.39. The van der Waals surface area contributed by atoms with Crippen molar-refractivity contribution in [3.63, 3.8) is 0 Å². The van der Waals surface area contributed by atoms with E-state index in [1.165, 1.54) is 12.4 Å². The minimum atomic E-state index is 0.0560. The van der Waals surface area contributed by atoms with E-state index in [0.29, 0.717) is 12.3 Å². The van der Waals surface area contributed by atoms with Gasteiger partial charge >= 0.3 is 0 Å². The molecule has 92 valence electrons. The zero-order chi connectivity index (χ0) is 13.0. The van der Waals surface area contributed by atoms with Gasteiger partial charge in [-0.25, -0.2) is 9.97 Å². The van der Waals surface area contributed by atoms with E-state index < -0.39 is 0 Å². The highest BCUT2D eigenvalue weighted by Gasteiger charge is 2.12. The van der Waals surface area contributed by atoms with Crippen LogP contribution in [-0.4, -0.2) is 21.1 Å². The minimum Gasteiger partial charge on any atom is -0.474 e. The van der Waals surface area contributed by atoms with Crippen LogP contribution >= 0.6 is 0 Å². The van der Waals surface area contributed by atoms with Crippen molar-refractivity contribution in [1.82, 2.24) is 15.0 Å². The summed E-state index contributed by atoms with van der Waals surface area (Å²) >= 11 is 0. The molecule has 5 heteroatoms. The zero-order valence-electron chi connectivity index (χ0n) is 10.3. The predicted octanol–water partition coefficient (Wildman–Crippen LogP) is 2.37. The predicted molar refractivity (Wildman–Crippen MR) is 68.1 cm³/mol. The number of hydrogen-bond acceptors (Lipinski definition) is 4. The van der Waals surface area contributed by atoms with E-state index in [2.05, 4.69) is 15.0 Å². The number of nitrogens with one attached hydrogen (secondary N) is 1. The number of fused-ring (bicyclic) bond motifs is 1. The van der Waals surface area contributed by atoms with E-state index in [-0.39, 0.29) is 6.10 Å². The second-order valence-electron chi connectivity index (χ2n) is 4.12. The minimum absolute atomic E-state index is 0.0560. The summed E-state index contributed by atoms with van der Waals surface area (Å²) in [5.41, 5.74) is 1.77. The average Bonchev–Trinajstić information content (AvgIpc) is 2.73. The molecule has 1 N–H and O–H groups in total. The van der Waals surface area contributed by atoms with Gasteiger partial charge in [-0.1, -0.05) is 6.08 Å². The van der Waals surface area contributed by atoms with Gasteiger partial charge in [0.15, 0.2) is 0 Å². The van der Waals surface area contributed by atoms with Crippen molar-refractivity contribution in [3.8, 4) is 11.9 Å². The monoisotopic (exact) mass is 242 g/mol. The molecule has 0 atom stereocenters. The Balaban J connectivity index is 2.42. The number of nitriles is 1. The van der Waals surface area contributed by atoms with Crippen LogP contribution in [0.2, 0.25) is 0 Å². The van der Waals surface area contributed by atoms with Crippen LogP contribution in [0.4, 0.5) is 0 Å². The summed E-state index contributed by atoms with van der Waals surface area (Å²) < 4.78 is 5.67. The van der Waals surface area contributed by atoms with Crippen LogP contribution < -0.4 is 4.74 Å². The summed E-state index contributed by atoms with van der Waals surface area (Å²) in [7, 11) is 0. The highest BCUT2D eigenvalue weighted by atomic mass is 16.5. The van der Waals surface area contributed by atoms with E-state index in [1.807, 2.05) is 26.1 Å². The van der Waals surface area contributed by atoms with Crippen molar-refractivity contribution in [3.05, 3.63) is 30.2 Å². The topological polar surface area (TPSA) is 74.6 Å². The van der Waals surface area contributed by atoms with Crippen LogP contribution in [0.5, 0.6) is 5.88 Å². The third-order valence-corrected chi connectivity index (χ3v) is 2.39. The first kappa shape index (κ1) is 12.1. The van der Waals surface area contributed by atoms with Crippen LogP contribution in [0.1, 0.15) is 19.4 Å². The largest absolute Gasteiger partial charge is 0.474 e. The molecule has 0 radical (unpaired) electrons. The van der Waals surface area contributed by atoms with Crippen LogP contribution in [0.3, 0.4) is 0 Å². The fourth-order valence-electron chi connectivity index (χ4n) is 1.71. The number of allylic oxidation sites excluding steroid dienone is 2. The Hall–Kier alpha value is -2.35. The number of aromatic nitrogens is 3. The van der Waals surface area contributed by atoms with E-state index in [4.69, 9.17) is 10.00 Å². The summed E-state index contributed by atoms with van der Waals surface area (Å²) in [5.74, 6) is 0.580. The zero-order valence-corrected chi connectivity index (χ0v) is 10.3. The maximum atomic E-state index is 8.49. The molecule has 0 saturated carbocycles. The van der Waals surface area contributed by atoms with Crippen molar-refractivity contribution in [2.75, 3.05) is 0 Å². The average molecular weight is 242 g/mol. The van der Waals surface area contributed by atoms with Gasteiger partial charge < -0.3 is 9.72 Å². The first-order valence-corrected chi connectivity index (χ1v) is 5.74. The SMILES string of the molecule is CC(C)Oc1ncnc2[nH]cc(C/C=C\C#N)c12. The fourth-order valence-corrected chi connectivity index (χ4v) is 1.71. The molecule has 0 spiro atoms. The van der Waals surface area contributed by atoms with Gasteiger partial charge in [0.05, 0.1) is 17.6 Å². The molecule has 0 aliphatic rings. The van der Waals surface area contributed by atoms with Crippen molar-refractivity contribution in [1.29, 1.82) is 5.26 Å². The standard InChI is InChI=1S/C13H14N4O/c1-9(2)18-13-11-10(5-3-4-6-14)7-15-12(11)16-8-17-13/h3-4,7-9H,5H2,1-2H3,(H,15,16,17)/b4-3-. The molecule has 0 aromatic carbocycles. The summed E-state index contributed by atoms with van der Waals surface area (Å²) in [6.45, 7) is 3.91. The molecule has 2 aromatic heterocycles. The van der Waals surface area contributed by atoms with Gasteiger partial charge in [-0.15, -0.1) is 0 Å². The number of rotatable bonds is 4. The van der Waals surface area contributed by atoms with Crippen LogP contribution in [0.25, 0.3) is 11.0 Å². The van der Waals surface area contributed by atoms with Crippen molar-refractivity contribution < 1.29 is 4.74 Å². The third kappa shape index (κ3) is 2.48. The Morgan fingerprint density at radius 2 is 2.33 bits per heavy atom. The Morgan fingerprint density at radius 1 is 1.50 bits per heavy atom. The van der Waals surface area contributed by atoms with Gasteiger partial charge in [0.1, 0.15) is 12.0 Å². The first-order chi connectivity index (χ1) is 8.72. The van der Waals surface area contributed by atoms with Crippen molar-refractivity contribution in [2.45, 2.75) is 26.4 Å². The molecule has 5 nitrogen and oxygen atoms in total. The fraction of sp³-hybridized carbons (Fsp3) is 0.308. The Kier molecular flexibility index (Phi) is 3.58. The number of ether oxygens (including phenoxy) is 1. The second-order valence-corrected chi connectivity index (χ2v) is 4.12. The number of nitrogens with zero attached hydrogens (tertiary/aromatic N) is 3. The lowest BCUT2D eigenvalue weighted by atomic mass is 10.1. The van der Waals surface area contributed by atoms with E-state index in [1.54, 1.807) is 6.08 Å². The second kappa shape index (κ2) is 5.32. The molecule has 2 aromatic rings. The summed E-state index contributed by atoms with van der Waals surface area (Å²) in [5, 5.41) is 9.37. The lowest BCUT2D eigenvalue weighted by molar-refractivity contribution is 0.235. The maximum Gasteiger partial charge on any atom is 0.226 e. The molecule has 0 fully saturated rings. The molecule has 0 bridgehead atoms. The molecule has 2 rings (SSSR count). The van der Waals surface area contributed by atoms with Crippen molar-refractivity contribution >= 4 is 11.0 Å². The van der Waals surface area contributed by atoms with Crippen LogP contribution in [0.15, 0.2) is 24.7 Å². The normalized spacial score (nSPS) is 11.2. The molecule has 0 unspecified atom stereocenters. The Morgan fingerprint density at radius 3 is 3.06 bits per heavy atom. The molecule has 2 heterocycles. The lowest BCUT2D eigenvalue weighted by Gasteiger charge is -2.09. The van der Waals surface area contributed by atoms with E-state index in [0.717, 1.165) is 16.6 Å². The molecule has 0 aliphatic carbocycles. The van der Waals surface area contributed by atoms with Gasteiger partial charge in [0.25, 0.3) is 0 Å². The van der Waals surface area contributed by atoms with Gasteiger partial charge in [-0.3, -0.25) is 0 Å².